The second-order valence-electron chi connectivity index (χ2n) is 13.6. The molecule has 11 heteroatoms. The molecule has 2 aromatic carbocycles. The fourth-order valence-electron chi connectivity index (χ4n) is 7.80. The molecule has 1 saturated carbocycles. The van der Waals surface area contributed by atoms with E-state index in [1.54, 1.807) is 18.2 Å². The maximum absolute atomic E-state index is 14.3. The van der Waals surface area contributed by atoms with Gasteiger partial charge in [0.25, 0.3) is 5.91 Å². The Labute approximate surface area is 292 Å². The van der Waals surface area contributed by atoms with Crippen LogP contribution in [-0.4, -0.2) is 93.5 Å². The molecule has 3 aliphatic rings. The van der Waals surface area contributed by atoms with E-state index in [1.165, 1.54) is 34.6 Å². The molecule has 10 nitrogen and oxygen atoms in total. The number of anilines is 1. The number of aromatic nitrogens is 2. The summed E-state index contributed by atoms with van der Waals surface area (Å²) in [5.41, 5.74) is 13.2. The van der Waals surface area contributed by atoms with E-state index in [9.17, 15) is 19.4 Å². The van der Waals surface area contributed by atoms with Crippen LogP contribution in [0.2, 0.25) is 0 Å². The van der Waals surface area contributed by atoms with Gasteiger partial charge in [-0.1, -0.05) is 42.5 Å². The average Bonchev–Trinajstić information content (AvgIpc) is 3.78. The lowest BCUT2D eigenvalue weighted by Crippen LogP contribution is -2.53. The Hall–Kier alpha value is -4.26. The number of nitrogens with zero attached hydrogens (tertiary/aromatic N) is 4. The number of fused-ring (bicyclic) bond motifs is 1. The SMILES string of the molecule is Nc1ncc(-c2cccnc2F)cc1C(=O)N[C@H]1CCC[C@@H]1OCc1ccc(-c2ccc3c(c2)CC[C@@H]3N2CCN(C(CO)CO)CC2)cc1. The molecule has 2 fully saturated rings. The molecule has 0 unspecified atom stereocenters. The van der Waals surface area contributed by atoms with E-state index in [1.807, 2.05) is 0 Å². The molecule has 0 bridgehead atoms. The quantitative estimate of drug-likeness (QED) is 0.170. The lowest BCUT2D eigenvalue weighted by molar-refractivity contribution is 0.0234. The van der Waals surface area contributed by atoms with Gasteiger partial charge in [-0.2, -0.15) is 4.39 Å². The fraction of sp³-hybridized carbons (Fsp3) is 0.410. The first-order chi connectivity index (χ1) is 24.4. The van der Waals surface area contributed by atoms with Crippen molar-refractivity contribution in [3.8, 4) is 22.3 Å². The molecule has 0 spiro atoms. The van der Waals surface area contributed by atoms with Crippen LogP contribution in [0.15, 0.2) is 73.1 Å². The molecule has 2 aliphatic carbocycles. The molecule has 4 aromatic rings. The van der Waals surface area contributed by atoms with Crippen molar-refractivity contribution in [2.45, 2.75) is 62.9 Å². The number of carbonyl (C=O) groups excluding carboxylic acids is 1. The summed E-state index contributed by atoms with van der Waals surface area (Å²) in [4.78, 5) is 25.9. The number of hydrogen-bond donors (Lipinski definition) is 4. The van der Waals surface area contributed by atoms with Crippen LogP contribution in [0, 0.1) is 5.95 Å². The molecule has 1 aliphatic heterocycles. The Kier molecular flexibility index (Phi) is 10.5. The Balaban J connectivity index is 0.937. The smallest absolute Gasteiger partial charge is 0.255 e. The minimum absolute atomic E-state index is 0.00913. The third-order valence-corrected chi connectivity index (χ3v) is 10.7. The number of hydrogen-bond acceptors (Lipinski definition) is 9. The molecule has 3 atom stereocenters. The fourth-order valence-corrected chi connectivity index (χ4v) is 7.80. The van der Waals surface area contributed by atoms with Crippen molar-refractivity contribution >= 4 is 11.7 Å². The van der Waals surface area contributed by atoms with Gasteiger partial charge in [-0.25, -0.2) is 9.97 Å². The number of pyridine rings is 2. The molecule has 50 heavy (non-hydrogen) atoms. The van der Waals surface area contributed by atoms with Crippen molar-refractivity contribution in [2.75, 3.05) is 45.1 Å². The number of nitrogens with two attached hydrogens (primary N) is 1. The highest BCUT2D eigenvalue weighted by Crippen LogP contribution is 2.38. The Bertz CT molecular complexity index is 1790. The van der Waals surface area contributed by atoms with Crippen molar-refractivity contribution < 1.29 is 24.1 Å². The molecule has 1 amide bonds. The highest BCUT2D eigenvalue weighted by molar-refractivity contribution is 5.99. The maximum atomic E-state index is 14.3. The Morgan fingerprint density at radius 1 is 0.960 bits per heavy atom. The minimum Gasteiger partial charge on any atom is -0.395 e. The molecule has 7 rings (SSSR count). The van der Waals surface area contributed by atoms with Gasteiger partial charge in [-0.15, -0.1) is 0 Å². The van der Waals surface area contributed by atoms with Crippen LogP contribution in [0.1, 0.15) is 58.8 Å². The van der Waals surface area contributed by atoms with Gasteiger partial charge >= 0.3 is 0 Å². The van der Waals surface area contributed by atoms with E-state index < -0.39 is 5.95 Å². The number of halogens is 1. The zero-order valence-corrected chi connectivity index (χ0v) is 28.2. The second-order valence-corrected chi connectivity index (χ2v) is 13.6. The van der Waals surface area contributed by atoms with Crippen molar-refractivity contribution in [2.24, 2.45) is 0 Å². The van der Waals surface area contributed by atoms with Gasteiger partial charge in [0.05, 0.1) is 43.6 Å². The largest absolute Gasteiger partial charge is 0.395 e. The predicted octanol–water partition coefficient (Wildman–Crippen LogP) is 4.36. The third-order valence-electron chi connectivity index (χ3n) is 10.7. The summed E-state index contributed by atoms with van der Waals surface area (Å²) in [7, 11) is 0. The maximum Gasteiger partial charge on any atom is 0.255 e. The van der Waals surface area contributed by atoms with E-state index in [-0.39, 0.29) is 54.3 Å². The molecule has 0 radical (unpaired) electrons. The van der Waals surface area contributed by atoms with Gasteiger partial charge < -0.3 is 26.0 Å². The zero-order chi connectivity index (χ0) is 34.6. The number of piperazine rings is 1. The van der Waals surface area contributed by atoms with Crippen molar-refractivity contribution in [1.82, 2.24) is 25.1 Å². The van der Waals surface area contributed by atoms with E-state index >= 15 is 0 Å². The number of rotatable bonds is 11. The van der Waals surface area contributed by atoms with Crippen LogP contribution >= 0.6 is 0 Å². The molecule has 262 valence electrons. The second kappa shape index (κ2) is 15.3. The van der Waals surface area contributed by atoms with Gasteiger partial charge in [-0.3, -0.25) is 14.6 Å². The standard InChI is InChI=1S/C39H45FN6O4/c40-37-32(3-2-14-42-37)29-20-33(38(41)43-21-29)39(49)44-34-4-1-5-36(34)50-24-25-6-8-26(9-7-25)27-10-12-31-28(19-27)11-13-35(31)46-17-15-45(16-18-46)30(22-47)23-48/h2-3,6-10,12,14,19-21,30,34-36,47-48H,1,4-5,11,13,15-18,22-24H2,(H2,41,43)(H,44,49)/t34-,35-,36-/m0/s1. The Morgan fingerprint density at radius 2 is 1.74 bits per heavy atom. The first-order valence-electron chi connectivity index (χ1n) is 17.6. The molecule has 5 N–H and O–H groups in total. The molecule has 3 heterocycles. The van der Waals surface area contributed by atoms with Gasteiger partial charge in [0.1, 0.15) is 5.82 Å². The van der Waals surface area contributed by atoms with Gasteiger partial charge in [0.2, 0.25) is 5.95 Å². The molecule has 1 saturated heterocycles. The summed E-state index contributed by atoms with van der Waals surface area (Å²) in [6.07, 6.45) is 7.43. The highest BCUT2D eigenvalue weighted by atomic mass is 19.1. The molecular formula is C39H45FN6O4. The topological polar surface area (TPSA) is 137 Å². The van der Waals surface area contributed by atoms with Crippen LogP contribution in [0.3, 0.4) is 0 Å². The number of benzene rings is 2. The van der Waals surface area contributed by atoms with E-state index in [2.05, 4.69) is 67.5 Å². The monoisotopic (exact) mass is 680 g/mol. The predicted molar refractivity (Wildman–Crippen MR) is 190 cm³/mol. The van der Waals surface area contributed by atoms with Gasteiger partial charge in [-0.05, 0) is 78.1 Å². The van der Waals surface area contributed by atoms with Crippen LogP contribution in [0.4, 0.5) is 10.2 Å². The average molecular weight is 681 g/mol. The number of nitrogen functional groups attached to an aromatic ring is 1. The summed E-state index contributed by atoms with van der Waals surface area (Å²) >= 11 is 0. The summed E-state index contributed by atoms with van der Waals surface area (Å²) < 4.78 is 20.6. The number of carbonyl (C=O) groups is 1. The summed E-state index contributed by atoms with van der Waals surface area (Å²) in [6, 6.07) is 20.2. The zero-order valence-electron chi connectivity index (χ0n) is 28.2. The number of amides is 1. The van der Waals surface area contributed by atoms with E-state index in [0.717, 1.165) is 63.8 Å². The van der Waals surface area contributed by atoms with Crippen LogP contribution < -0.4 is 11.1 Å². The van der Waals surface area contributed by atoms with E-state index in [0.29, 0.717) is 18.2 Å². The van der Waals surface area contributed by atoms with Crippen LogP contribution in [0.25, 0.3) is 22.3 Å². The molecular weight excluding hydrogens is 635 g/mol. The number of aliphatic hydroxyl groups excluding tert-OH is 2. The van der Waals surface area contributed by atoms with Crippen molar-refractivity contribution in [3.05, 3.63) is 101 Å². The third kappa shape index (κ3) is 7.28. The van der Waals surface area contributed by atoms with Crippen molar-refractivity contribution in [3.63, 3.8) is 0 Å². The Morgan fingerprint density at radius 3 is 2.50 bits per heavy atom. The number of aliphatic hydroxyl groups is 2. The van der Waals surface area contributed by atoms with Crippen LogP contribution in [-0.2, 0) is 17.8 Å². The van der Waals surface area contributed by atoms with Crippen LogP contribution in [0.5, 0.6) is 0 Å². The first-order valence-corrected chi connectivity index (χ1v) is 17.6. The summed E-state index contributed by atoms with van der Waals surface area (Å²) in [5, 5.41) is 22.2. The highest BCUT2D eigenvalue weighted by Gasteiger charge is 2.33. The normalized spacial score (nSPS) is 21.1. The van der Waals surface area contributed by atoms with Gasteiger partial charge in [0, 0.05) is 55.7 Å². The lowest BCUT2D eigenvalue weighted by atomic mass is 9.98. The first kappa shape index (κ1) is 34.2. The number of aryl methyl sites for hydroxylation is 1. The van der Waals surface area contributed by atoms with Crippen molar-refractivity contribution in [1.29, 1.82) is 0 Å². The minimum atomic E-state index is -0.635. The number of nitrogens with one attached hydrogen (secondary N) is 1. The summed E-state index contributed by atoms with van der Waals surface area (Å²) in [6.45, 7) is 4.02. The lowest BCUT2D eigenvalue weighted by Gasteiger charge is -2.40. The van der Waals surface area contributed by atoms with E-state index in [4.69, 9.17) is 10.5 Å². The summed E-state index contributed by atoms with van der Waals surface area (Å²) in [5.74, 6) is -0.910. The number of ether oxygens (including phenoxy) is 1. The molecule has 2 aromatic heterocycles. The van der Waals surface area contributed by atoms with Gasteiger partial charge in [0.15, 0.2) is 0 Å².